The van der Waals surface area contributed by atoms with E-state index in [-0.39, 0.29) is 25.7 Å². The van der Waals surface area contributed by atoms with E-state index in [2.05, 4.69) is 41.5 Å². The van der Waals surface area contributed by atoms with Gasteiger partial charge in [-0.3, -0.25) is 37.3 Å². The molecule has 624 valence electrons. The molecule has 0 radical (unpaired) electrons. The van der Waals surface area contributed by atoms with E-state index in [0.717, 1.165) is 102 Å². The summed E-state index contributed by atoms with van der Waals surface area (Å²) in [7, 11) is -9.93. The van der Waals surface area contributed by atoms with E-state index in [0.29, 0.717) is 25.7 Å². The number of carbonyl (C=O) groups is 4. The predicted octanol–water partition coefficient (Wildman–Crippen LogP) is 26.2. The molecule has 0 bridgehead atoms. The number of aliphatic hydroxyl groups is 1. The highest BCUT2D eigenvalue weighted by Gasteiger charge is 2.30. The third-order valence-electron chi connectivity index (χ3n) is 20.6. The van der Waals surface area contributed by atoms with Gasteiger partial charge in [0.2, 0.25) is 0 Å². The molecule has 19 heteroatoms. The third kappa shape index (κ3) is 78.5. The normalized spacial score (nSPS) is 14.1. The lowest BCUT2D eigenvalue weighted by molar-refractivity contribution is -0.161. The highest BCUT2D eigenvalue weighted by Crippen LogP contribution is 2.45. The molecule has 0 spiro atoms. The Kier molecular flexibility index (Phi) is 76.0. The summed E-state index contributed by atoms with van der Waals surface area (Å²) in [6.07, 6.45) is 69.4. The Balaban J connectivity index is 5.24. The zero-order valence-corrected chi connectivity index (χ0v) is 70.8. The average Bonchev–Trinajstić information content (AvgIpc) is 0.905. The maximum atomic E-state index is 13.2. The minimum absolute atomic E-state index is 0.108. The van der Waals surface area contributed by atoms with Gasteiger partial charge in [-0.1, -0.05) is 408 Å². The van der Waals surface area contributed by atoms with Crippen molar-refractivity contribution >= 4 is 39.5 Å². The Morgan fingerprint density at radius 1 is 0.276 bits per heavy atom. The molecule has 0 aliphatic carbocycles. The first-order chi connectivity index (χ1) is 50.9. The molecule has 0 saturated carbocycles. The van der Waals surface area contributed by atoms with Gasteiger partial charge in [-0.15, -0.1) is 0 Å². The van der Waals surface area contributed by atoms with Crippen molar-refractivity contribution in [3.05, 3.63) is 0 Å². The molecule has 105 heavy (non-hydrogen) atoms. The van der Waals surface area contributed by atoms with Crippen LogP contribution in [-0.2, 0) is 65.4 Å². The largest absolute Gasteiger partial charge is 0.472 e. The molecule has 6 atom stereocenters. The van der Waals surface area contributed by atoms with Gasteiger partial charge in [-0.25, -0.2) is 9.13 Å². The maximum Gasteiger partial charge on any atom is 0.472 e. The van der Waals surface area contributed by atoms with Crippen LogP contribution < -0.4 is 0 Å². The molecule has 0 saturated heterocycles. The molecule has 0 heterocycles. The van der Waals surface area contributed by atoms with E-state index in [1.807, 2.05) is 0 Å². The molecule has 0 rings (SSSR count). The summed E-state index contributed by atoms with van der Waals surface area (Å²) in [5, 5.41) is 10.7. The van der Waals surface area contributed by atoms with Crippen molar-refractivity contribution in [2.45, 2.75) is 477 Å². The highest BCUT2D eigenvalue weighted by atomic mass is 31.2. The Hall–Kier alpha value is -1.94. The summed E-state index contributed by atoms with van der Waals surface area (Å²) >= 11 is 0. The Bertz CT molecular complexity index is 2010. The topological polar surface area (TPSA) is 237 Å². The van der Waals surface area contributed by atoms with Crippen LogP contribution in [-0.4, -0.2) is 96.7 Å². The second kappa shape index (κ2) is 77.4. The second-order valence-corrected chi connectivity index (χ2v) is 34.6. The van der Waals surface area contributed by atoms with Crippen molar-refractivity contribution in [2.75, 3.05) is 39.6 Å². The minimum Gasteiger partial charge on any atom is -0.462 e. The van der Waals surface area contributed by atoms with E-state index in [4.69, 9.17) is 37.0 Å². The van der Waals surface area contributed by atoms with Crippen molar-refractivity contribution in [1.82, 2.24) is 0 Å². The molecule has 0 aliphatic heterocycles. The fraction of sp³-hybridized carbons (Fsp3) is 0.953. The standard InChI is InChI=1S/C86H168O17P2/c1-7-10-12-14-16-18-20-22-23-24-25-26-27-28-33-37-41-45-53-59-65-71-86(91)102-81(74-96-83(88)68-62-56-50-43-39-36-32-30-29-31-35-38-42-48-54-60-66-78(4)5)76-100-104(92,93)98-72-80(87)73-99-105(94,95)101-77-82(75-97-84(89)69-63-57-51-47-46-49-55-61-67-79(6)9-3)103-85(90)70-64-58-52-44-40-34-21-19-17-15-13-11-8-2/h78-82,87H,7-77H2,1-6H3,(H,92,93)(H,94,95)/t79?,80-,81-,82-/m1/s1. The lowest BCUT2D eigenvalue weighted by Crippen LogP contribution is -2.30. The Morgan fingerprint density at radius 2 is 0.486 bits per heavy atom. The van der Waals surface area contributed by atoms with E-state index in [1.165, 1.54) is 276 Å². The van der Waals surface area contributed by atoms with Gasteiger partial charge in [0.1, 0.15) is 19.3 Å². The number of aliphatic hydroxyl groups excluding tert-OH is 1. The van der Waals surface area contributed by atoms with E-state index in [1.54, 1.807) is 0 Å². The summed E-state index contributed by atoms with van der Waals surface area (Å²) < 4.78 is 68.9. The SMILES string of the molecule is CCCCCCCCCCCCCCCCCCCCCCCC(=O)O[C@H](COC(=O)CCCCCCCCCCCCCCCCCCC(C)C)COP(=O)(O)OC[C@@H](O)COP(=O)(O)OC[C@@H](COC(=O)CCCCCCCCCCC(C)CC)OC(=O)CCCCCCCCCCCCCCC. The zero-order valence-electron chi connectivity index (χ0n) is 69.0. The van der Waals surface area contributed by atoms with Crippen molar-refractivity contribution in [3.8, 4) is 0 Å². The minimum atomic E-state index is -4.97. The molecule has 0 aromatic heterocycles. The quantitative estimate of drug-likeness (QED) is 0.0222. The number of hydrogen-bond acceptors (Lipinski definition) is 15. The van der Waals surface area contributed by atoms with Crippen LogP contribution in [0.15, 0.2) is 0 Å². The van der Waals surface area contributed by atoms with E-state index < -0.39 is 97.5 Å². The van der Waals surface area contributed by atoms with Crippen LogP contribution >= 0.6 is 15.6 Å². The fourth-order valence-electron chi connectivity index (χ4n) is 13.4. The van der Waals surface area contributed by atoms with Gasteiger partial charge in [0.15, 0.2) is 12.2 Å². The number of unbranched alkanes of at least 4 members (excludes halogenated alkanes) is 54. The maximum absolute atomic E-state index is 13.2. The summed E-state index contributed by atoms with van der Waals surface area (Å²) in [6.45, 7) is 9.70. The van der Waals surface area contributed by atoms with Crippen LogP contribution in [0.3, 0.4) is 0 Å². The van der Waals surface area contributed by atoms with Crippen LogP contribution in [0.2, 0.25) is 0 Å². The molecule has 3 N–H and O–H groups in total. The van der Waals surface area contributed by atoms with Crippen LogP contribution in [0.5, 0.6) is 0 Å². The smallest absolute Gasteiger partial charge is 0.462 e. The number of phosphoric ester groups is 2. The molecule has 0 amide bonds. The van der Waals surface area contributed by atoms with Crippen molar-refractivity contribution < 1.29 is 80.2 Å². The van der Waals surface area contributed by atoms with E-state index >= 15 is 0 Å². The monoisotopic (exact) mass is 1540 g/mol. The first kappa shape index (κ1) is 103. The number of ether oxygens (including phenoxy) is 4. The number of hydrogen-bond donors (Lipinski definition) is 3. The van der Waals surface area contributed by atoms with Gasteiger partial charge in [-0.05, 0) is 37.5 Å². The van der Waals surface area contributed by atoms with Crippen molar-refractivity contribution in [2.24, 2.45) is 11.8 Å². The average molecular weight is 1540 g/mol. The van der Waals surface area contributed by atoms with Crippen molar-refractivity contribution in [3.63, 3.8) is 0 Å². The van der Waals surface area contributed by atoms with E-state index in [9.17, 15) is 43.2 Å². The number of rotatable bonds is 85. The van der Waals surface area contributed by atoms with Crippen LogP contribution in [0.25, 0.3) is 0 Å². The van der Waals surface area contributed by atoms with Crippen LogP contribution in [0.1, 0.15) is 459 Å². The van der Waals surface area contributed by atoms with Gasteiger partial charge in [-0.2, -0.15) is 0 Å². The number of carbonyl (C=O) groups excluding carboxylic acids is 4. The van der Waals surface area contributed by atoms with Crippen LogP contribution in [0, 0.1) is 11.8 Å². The highest BCUT2D eigenvalue weighted by molar-refractivity contribution is 7.47. The molecule has 0 aromatic carbocycles. The lowest BCUT2D eigenvalue weighted by Gasteiger charge is -2.21. The van der Waals surface area contributed by atoms with Gasteiger partial charge >= 0.3 is 39.5 Å². The zero-order chi connectivity index (χ0) is 77.1. The fourth-order valence-corrected chi connectivity index (χ4v) is 15.0. The van der Waals surface area contributed by atoms with Gasteiger partial charge in [0, 0.05) is 25.7 Å². The predicted molar refractivity (Wildman–Crippen MR) is 432 cm³/mol. The Labute approximate surface area is 645 Å². The van der Waals surface area contributed by atoms with Gasteiger partial charge in [0.25, 0.3) is 0 Å². The number of phosphoric acid groups is 2. The third-order valence-corrected chi connectivity index (χ3v) is 22.5. The summed E-state index contributed by atoms with van der Waals surface area (Å²) in [4.78, 5) is 73.2. The summed E-state index contributed by atoms with van der Waals surface area (Å²) in [5.74, 6) is -0.512. The second-order valence-electron chi connectivity index (χ2n) is 31.6. The first-order valence-electron chi connectivity index (χ1n) is 44.5. The van der Waals surface area contributed by atoms with Gasteiger partial charge < -0.3 is 33.8 Å². The van der Waals surface area contributed by atoms with Gasteiger partial charge in [0.05, 0.1) is 26.4 Å². The molecule has 0 aliphatic rings. The molecule has 0 fully saturated rings. The van der Waals surface area contributed by atoms with Crippen molar-refractivity contribution in [1.29, 1.82) is 0 Å². The summed E-state index contributed by atoms with van der Waals surface area (Å²) in [6, 6.07) is 0. The van der Waals surface area contributed by atoms with Crippen LogP contribution in [0.4, 0.5) is 0 Å². The lowest BCUT2D eigenvalue weighted by atomic mass is 9.99. The first-order valence-corrected chi connectivity index (χ1v) is 47.5. The molecule has 0 aromatic rings. The molecule has 3 unspecified atom stereocenters. The number of esters is 4. The molecular formula is C86H168O17P2. The summed E-state index contributed by atoms with van der Waals surface area (Å²) in [5.41, 5.74) is 0. The molecule has 17 nitrogen and oxygen atoms in total. The molecular weight excluding hydrogens is 1370 g/mol. The Morgan fingerprint density at radius 3 is 0.724 bits per heavy atom.